The van der Waals surface area contributed by atoms with Crippen LogP contribution in [0.4, 0.5) is 0 Å². The highest BCUT2D eigenvalue weighted by molar-refractivity contribution is 6.06. The van der Waals surface area contributed by atoms with E-state index in [1.165, 1.54) is 6.08 Å². The van der Waals surface area contributed by atoms with Crippen LogP contribution in [0.3, 0.4) is 0 Å². The van der Waals surface area contributed by atoms with Gasteiger partial charge in [0.25, 0.3) is 0 Å². The fourth-order valence-electron chi connectivity index (χ4n) is 2.36. The third-order valence-corrected chi connectivity index (χ3v) is 3.72. The largest absolute Gasteiger partial charge is 0.507 e. The van der Waals surface area contributed by atoms with E-state index in [0.717, 1.165) is 5.56 Å². The number of benzene rings is 3. The third-order valence-electron chi connectivity index (χ3n) is 3.72. The molecule has 0 unspecified atom stereocenters. The molecular weight excluding hydrogens is 312 g/mol. The number of aromatic hydroxyl groups is 1. The average molecular weight is 330 g/mol. The third kappa shape index (κ3) is 4.58. The molecule has 0 aliphatic carbocycles. The van der Waals surface area contributed by atoms with Crippen molar-refractivity contribution < 1.29 is 14.6 Å². The quantitative estimate of drug-likeness (QED) is 0.518. The van der Waals surface area contributed by atoms with Crippen molar-refractivity contribution in [1.82, 2.24) is 0 Å². The minimum absolute atomic E-state index is 0.101. The Kier molecular flexibility index (Phi) is 5.27. The lowest BCUT2D eigenvalue weighted by Crippen LogP contribution is -1.95. The maximum atomic E-state index is 12.1. The number of phenolic OH excluding ortho intramolecular Hbond substituents is 1. The van der Waals surface area contributed by atoms with E-state index in [2.05, 4.69) is 0 Å². The SMILES string of the molecule is O=C(/C=C/c1cc(OCc2ccccc2)ccc1O)c1ccccc1. The number of carbonyl (C=O) groups is 1. The Morgan fingerprint density at radius 1 is 0.920 bits per heavy atom. The summed E-state index contributed by atoms with van der Waals surface area (Å²) in [4.78, 5) is 12.1. The first kappa shape index (κ1) is 16.5. The predicted molar refractivity (Wildman–Crippen MR) is 98.7 cm³/mol. The van der Waals surface area contributed by atoms with Gasteiger partial charge in [0.05, 0.1) is 0 Å². The highest BCUT2D eigenvalue weighted by Gasteiger charge is 2.04. The molecule has 25 heavy (non-hydrogen) atoms. The summed E-state index contributed by atoms with van der Waals surface area (Å²) in [5.74, 6) is 0.619. The van der Waals surface area contributed by atoms with Gasteiger partial charge in [-0.1, -0.05) is 60.7 Å². The predicted octanol–water partition coefficient (Wildman–Crippen LogP) is 4.87. The van der Waals surface area contributed by atoms with Crippen LogP contribution in [-0.2, 0) is 6.61 Å². The van der Waals surface area contributed by atoms with E-state index in [9.17, 15) is 9.90 Å². The van der Waals surface area contributed by atoms with Gasteiger partial charge in [0.1, 0.15) is 18.1 Å². The molecule has 3 rings (SSSR count). The van der Waals surface area contributed by atoms with Crippen LogP contribution in [-0.4, -0.2) is 10.9 Å². The number of ketones is 1. The zero-order valence-corrected chi connectivity index (χ0v) is 13.6. The van der Waals surface area contributed by atoms with Gasteiger partial charge >= 0.3 is 0 Å². The maximum Gasteiger partial charge on any atom is 0.185 e. The lowest BCUT2D eigenvalue weighted by molar-refractivity contribution is 0.104. The van der Waals surface area contributed by atoms with Gasteiger partial charge in [0.15, 0.2) is 5.78 Å². The molecule has 3 aromatic rings. The Balaban J connectivity index is 1.71. The molecule has 0 bridgehead atoms. The Hall–Kier alpha value is -3.33. The summed E-state index contributed by atoms with van der Waals surface area (Å²) in [6, 6.07) is 23.8. The second kappa shape index (κ2) is 7.97. The van der Waals surface area contributed by atoms with Crippen molar-refractivity contribution in [1.29, 1.82) is 0 Å². The van der Waals surface area contributed by atoms with Crippen LogP contribution in [0.1, 0.15) is 21.5 Å². The van der Waals surface area contributed by atoms with E-state index < -0.39 is 0 Å². The smallest absolute Gasteiger partial charge is 0.185 e. The summed E-state index contributed by atoms with van der Waals surface area (Å²) in [6.45, 7) is 0.442. The minimum atomic E-state index is -0.115. The lowest BCUT2D eigenvalue weighted by Gasteiger charge is -2.08. The zero-order valence-electron chi connectivity index (χ0n) is 13.6. The van der Waals surface area contributed by atoms with Crippen molar-refractivity contribution >= 4 is 11.9 Å². The van der Waals surface area contributed by atoms with Crippen LogP contribution in [0, 0.1) is 0 Å². The molecule has 0 aliphatic rings. The van der Waals surface area contributed by atoms with Gasteiger partial charge in [0, 0.05) is 11.1 Å². The number of carbonyl (C=O) groups excluding carboxylic acids is 1. The number of allylic oxidation sites excluding steroid dienone is 1. The Morgan fingerprint density at radius 3 is 2.32 bits per heavy atom. The molecular formula is C22H18O3. The number of phenols is 1. The minimum Gasteiger partial charge on any atom is -0.507 e. The molecule has 3 heteroatoms. The molecule has 1 N–H and O–H groups in total. The van der Waals surface area contributed by atoms with Gasteiger partial charge in [0.2, 0.25) is 0 Å². The van der Waals surface area contributed by atoms with E-state index in [1.807, 2.05) is 48.5 Å². The van der Waals surface area contributed by atoms with Gasteiger partial charge in [-0.15, -0.1) is 0 Å². The lowest BCUT2D eigenvalue weighted by atomic mass is 10.1. The fourth-order valence-corrected chi connectivity index (χ4v) is 2.36. The Morgan fingerprint density at radius 2 is 1.60 bits per heavy atom. The first-order chi connectivity index (χ1) is 12.2. The Bertz CT molecular complexity index is 868. The molecule has 124 valence electrons. The maximum absolute atomic E-state index is 12.1. The molecule has 0 heterocycles. The van der Waals surface area contributed by atoms with E-state index in [1.54, 1.807) is 36.4 Å². The van der Waals surface area contributed by atoms with Crippen LogP contribution in [0.2, 0.25) is 0 Å². The number of ether oxygens (including phenoxy) is 1. The van der Waals surface area contributed by atoms with Crippen molar-refractivity contribution in [3.63, 3.8) is 0 Å². The van der Waals surface area contributed by atoms with Crippen LogP contribution in [0.15, 0.2) is 84.9 Å². The van der Waals surface area contributed by atoms with Crippen molar-refractivity contribution in [3.05, 3.63) is 102 Å². The molecule has 0 amide bonds. The molecule has 3 aromatic carbocycles. The first-order valence-electron chi connectivity index (χ1n) is 7.99. The number of rotatable bonds is 6. The van der Waals surface area contributed by atoms with Gasteiger partial charge in [-0.05, 0) is 35.9 Å². The summed E-state index contributed by atoms with van der Waals surface area (Å²) in [7, 11) is 0. The number of hydrogen-bond acceptors (Lipinski definition) is 3. The molecule has 0 fully saturated rings. The van der Waals surface area contributed by atoms with Crippen LogP contribution in [0.25, 0.3) is 6.08 Å². The topological polar surface area (TPSA) is 46.5 Å². The van der Waals surface area contributed by atoms with E-state index >= 15 is 0 Å². The zero-order chi connectivity index (χ0) is 17.5. The fraction of sp³-hybridized carbons (Fsp3) is 0.0455. The van der Waals surface area contributed by atoms with Crippen LogP contribution >= 0.6 is 0 Å². The van der Waals surface area contributed by atoms with Crippen molar-refractivity contribution in [2.45, 2.75) is 6.61 Å². The first-order valence-corrected chi connectivity index (χ1v) is 7.99. The molecule has 0 saturated heterocycles. The van der Waals surface area contributed by atoms with E-state index in [0.29, 0.717) is 23.5 Å². The summed E-state index contributed by atoms with van der Waals surface area (Å²) in [5, 5.41) is 9.99. The monoisotopic (exact) mass is 330 g/mol. The van der Waals surface area contributed by atoms with Crippen LogP contribution in [0.5, 0.6) is 11.5 Å². The van der Waals surface area contributed by atoms with Crippen molar-refractivity contribution in [2.75, 3.05) is 0 Å². The van der Waals surface area contributed by atoms with Crippen molar-refractivity contribution in [2.24, 2.45) is 0 Å². The van der Waals surface area contributed by atoms with Crippen LogP contribution < -0.4 is 4.74 Å². The standard InChI is InChI=1S/C22H18O3/c23-21(18-9-5-2-6-10-18)13-11-19-15-20(12-14-22(19)24)25-16-17-7-3-1-4-8-17/h1-15,24H,16H2/b13-11+. The summed E-state index contributed by atoms with van der Waals surface area (Å²) >= 11 is 0. The summed E-state index contributed by atoms with van der Waals surface area (Å²) < 4.78 is 5.75. The molecule has 0 aliphatic heterocycles. The molecule has 0 radical (unpaired) electrons. The second-order valence-electron chi connectivity index (χ2n) is 5.56. The molecule has 0 saturated carbocycles. The number of hydrogen-bond donors (Lipinski definition) is 1. The van der Waals surface area contributed by atoms with Gasteiger partial charge in [-0.2, -0.15) is 0 Å². The Labute approximate surface area is 146 Å². The van der Waals surface area contributed by atoms with Crippen molar-refractivity contribution in [3.8, 4) is 11.5 Å². The van der Waals surface area contributed by atoms with Gasteiger partial charge in [-0.25, -0.2) is 0 Å². The molecule has 0 atom stereocenters. The second-order valence-corrected chi connectivity index (χ2v) is 5.56. The molecule has 3 nitrogen and oxygen atoms in total. The molecule has 0 aromatic heterocycles. The average Bonchev–Trinajstić information content (AvgIpc) is 2.67. The highest BCUT2D eigenvalue weighted by atomic mass is 16.5. The van der Waals surface area contributed by atoms with Gasteiger partial charge in [-0.3, -0.25) is 4.79 Å². The summed E-state index contributed by atoms with van der Waals surface area (Å²) in [6.07, 6.45) is 3.05. The normalized spacial score (nSPS) is 10.7. The molecule has 0 spiro atoms. The highest BCUT2D eigenvalue weighted by Crippen LogP contribution is 2.25. The van der Waals surface area contributed by atoms with Gasteiger partial charge < -0.3 is 9.84 Å². The van der Waals surface area contributed by atoms with E-state index in [-0.39, 0.29) is 11.5 Å². The van der Waals surface area contributed by atoms with E-state index in [4.69, 9.17) is 4.74 Å². The summed E-state index contributed by atoms with van der Waals surface area (Å²) in [5.41, 5.74) is 2.21.